The van der Waals surface area contributed by atoms with E-state index in [-0.39, 0.29) is 12.1 Å². The standard InChI is InChI=1S/C6H9N3O/c1-5-3-9(4-7)6(10)8(5)2/h5H,3H2,1-2H3. The zero-order valence-electron chi connectivity index (χ0n) is 6.03. The van der Waals surface area contributed by atoms with Gasteiger partial charge in [-0.25, -0.2) is 9.69 Å². The van der Waals surface area contributed by atoms with Crippen LogP contribution in [0.15, 0.2) is 0 Å². The predicted octanol–water partition coefficient (Wildman–Crippen LogP) is 0.223. The largest absolute Gasteiger partial charge is 0.333 e. The molecule has 10 heavy (non-hydrogen) atoms. The molecule has 1 aliphatic heterocycles. The lowest BCUT2D eigenvalue weighted by molar-refractivity contribution is 0.207. The number of nitriles is 1. The highest BCUT2D eigenvalue weighted by Crippen LogP contribution is 2.10. The summed E-state index contributed by atoms with van der Waals surface area (Å²) in [6.07, 6.45) is 1.82. The fraction of sp³-hybridized carbons (Fsp3) is 0.667. The molecule has 1 atom stereocenters. The van der Waals surface area contributed by atoms with Gasteiger partial charge in [0.25, 0.3) is 0 Å². The number of hydrogen-bond acceptors (Lipinski definition) is 2. The van der Waals surface area contributed by atoms with Crippen LogP contribution in [0.2, 0.25) is 0 Å². The van der Waals surface area contributed by atoms with Crippen LogP contribution < -0.4 is 0 Å². The summed E-state index contributed by atoms with van der Waals surface area (Å²) >= 11 is 0. The van der Waals surface area contributed by atoms with Crippen LogP contribution in [-0.2, 0) is 0 Å². The second-order valence-corrected chi connectivity index (χ2v) is 2.45. The summed E-state index contributed by atoms with van der Waals surface area (Å²) in [4.78, 5) is 13.7. The highest BCUT2D eigenvalue weighted by Gasteiger charge is 2.31. The zero-order chi connectivity index (χ0) is 7.72. The topological polar surface area (TPSA) is 47.3 Å². The SMILES string of the molecule is CC1CN(C#N)C(=O)N1C. The maximum absolute atomic E-state index is 11.0. The summed E-state index contributed by atoms with van der Waals surface area (Å²) < 4.78 is 0. The number of hydrogen-bond donors (Lipinski definition) is 0. The number of carbonyl (C=O) groups excluding carboxylic acids is 1. The minimum atomic E-state index is -0.199. The first-order valence-corrected chi connectivity index (χ1v) is 3.11. The molecule has 1 unspecified atom stereocenters. The average molecular weight is 139 g/mol. The third-order valence-electron chi connectivity index (χ3n) is 1.76. The highest BCUT2D eigenvalue weighted by atomic mass is 16.2. The van der Waals surface area contributed by atoms with E-state index < -0.39 is 0 Å². The summed E-state index contributed by atoms with van der Waals surface area (Å²) in [7, 11) is 1.70. The molecule has 0 aromatic heterocycles. The first kappa shape index (κ1) is 6.87. The zero-order valence-corrected chi connectivity index (χ0v) is 6.03. The summed E-state index contributed by atoms with van der Waals surface area (Å²) in [5, 5.41) is 8.40. The average Bonchev–Trinajstić information content (AvgIpc) is 2.17. The smallest absolute Gasteiger partial charge is 0.322 e. The molecule has 1 saturated heterocycles. The van der Waals surface area contributed by atoms with Crippen LogP contribution in [0, 0.1) is 11.5 Å². The van der Waals surface area contributed by atoms with Gasteiger partial charge in [0, 0.05) is 13.1 Å². The van der Waals surface area contributed by atoms with Crippen molar-refractivity contribution in [3.05, 3.63) is 0 Å². The molecule has 0 bridgehead atoms. The summed E-state index contributed by atoms with van der Waals surface area (Å²) in [6.45, 7) is 2.43. The molecule has 1 fully saturated rings. The van der Waals surface area contributed by atoms with Gasteiger partial charge >= 0.3 is 6.03 Å². The third-order valence-corrected chi connectivity index (χ3v) is 1.76. The van der Waals surface area contributed by atoms with Gasteiger partial charge in [0.15, 0.2) is 6.19 Å². The Labute approximate surface area is 59.6 Å². The Morgan fingerprint density at radius 1 is 1.80 bits per heavy atom. The summed E-state index contributed by atoms with van der Waals surface area (Å²) in [5.74, 6) is 0. The fourth-order valence-corrected chi connectivity index (χ4v) is 0.927. The number of urea groups is 1. The van der Waals surface area contributed by atoms with Crippen LogP contribution in [0.5, 0.6) is 0 Å². The van der Waals surface area contributed by atoms with Gasteiger partial charge in [-0.2, -0.15) is 5.26 Å². The van der Waals surface area contributed by atoms with Gasteiger partial charge in [0.05, 0.1) is 6.54 Å². The Balaban J connectivity index is 2.73. The van der Waals surface area contributed by atoms with E-state index in [1.165, 1.54) is 0 Å². The molecule has 4 nitrogen and oxygen atoms in total. The van der Waals surface area contributed by atoms with Gasteiger partial charge in [-0.3, -0.25) is 0 Å². The van der Waals surface area contributed by atoms with E-state index in [9.17, 15) is 4.79 Å². The molecule has 0 aliphatic carbocycles. The monoisotopic (exact) mass is 139 g/mol. The molecule has 0 radical (unpaired) electrons. The second kappa shape index (κ2) is 2.18. The van der Waals surface area contributed by atoms with Gasteiger partial charge in [-0.15, -0.1) is 0 Å². The maximum Gasteiger partial charge on any atom is 0.333 e. The molecule has 2 amide bonds. The van der Waals surface area contributed by atoms with Crippen LogP contribution in [0.3, 0.4) is 0 Å². The highest BCUT2D eigenvalue weighted by molar-refractivity contribution is 5.78. The van der Waals surface area contributed by atoms with E-state index in [2.05, 4.69) is 0 Å². The van der Waals surface area contributed by atoms with Gasteiger partial charge < -0.3 is 4.90 Å². The van der Waals surface area contributed by atoms with Crippen LogP contribution in [0.1, 0.15) is 6.92 Å². The number of carbonyl (C=O) groups is 1. The number of amides is 2. The van der Waals surface area contributed by atoms with Gasteiger partial charge in [-0.05, 0) is 6.92 Å². The van der Waals surface area contributed by atoms with Crippen molar-refractivity contribution in [3.63, 3.8) is 0 Å². The molecule has 54 valence electrons. The molecule has 0 saturated carbocycles. The van der Waals surface area contributed by atoms with Crippen molar-refractivity contribution < 1.29 is 4.79 Å². The third kappa shape index (κ3) is 0.798. The van der Waals surface area contributed by atoms with Crippen molar-refractivity contribution in [1.29, 1.82) is 5.26 Å². The van der Waals surface area contributed by atoms with Crippen molar-refractivity contribution in [2.45, 2.75) is 13.0 Å². The minimum absolute atomic E-state index is 0.159. The Hall–Kier alpha value is -1.24. The molecule has 1 heterocycles. The van der Waals surface area contributed by atoms with Gasteiger partial charge in [-0.1, -0.05) is 0 Å². The lowest BCUT2D eigenvalue weighted by atomic mass is 10.3. The summed E-state index contributed by atoms with van der Waals surface area (Å²) in [5.41, 5.74) is 0. The molecule has 0 N–H and O–H groups in total. The molecule has 0 spiro atoms. The minimum Gasteiger partial charge on any atom is -0.322 e. The second-order valence-electron chi connectivity index (χ2n) is 2.45. The van der Waals surface area contributed by atoms with Crippen LogP contribution in [0.25, 0.3) is 0 Å². The van der Waals surface area contributed by atoms with Crippen molar-refractivity contribution in [3.8, 4) is 6.19 Å². The van der Waals surface area contributed by atoms with Crippen molar-refractivity contribution in [2.24, 2.45) is 0 Å². The quantitative estimate of drug-likeness (QED) is 0.451. The van der Waals surface area contributed by atoms with Crippen molar-refractivity contribution in [1.82, 2.24) is 9.80 Å². The maximum atomic E-state index is 11.0. The predicted molar refractivity (Wildman–Crippen MR) is 34.9 cm³/mol. The van der Waals surface area contributed by atoms with Gasteiger partial charge in [0.2, 0.25) is 0 Å². The van der Waals surface area contributed by atoms with Crippen molar-refractivity contribution in [2.75, 3.05) is 13.6 Å². The normalized spacial score (nSPS) is 25.3. The van der Waals surface area contributed by atoms with Crippen molar-refractivity contribution >= 4 is 6.03 Å². The van der Waals surface area contributed by atoms with Crippen LogP contribution >= 0.6 is 0 Å². The fourth-order valence-electron chi connectivity index (χ4n) is 0.927. The number of rotatable bonds is 0. The first-order chi connectivity index (χ1) is 4.66. The van der Waals surface area contributed by atoms with Crippen LogP contribution in [0.4, 0.5) is 4.79 Å². The van der Waals surface area contributed by atoms with E-state index in [1.807, 2.05) is 13.1 Å². The van der Waals surface area contributed by atoms with Gasteiger partial charge in [0.1, 0.15) is 0 Å². The van der Waals surface area contributed by atoms with E-state index in [1.54, 1.807) is 11.9 Å². The first-order valence-electron chi connectivity index (χ1n) is 3.11. The Bertz CT molecular complexity index is 196. The van der Waals surface area contributed by atoms with E-state index in [0.29, 0.717) is 6.54 Å². The molecule has 1 rings (SSSR count). The summed E-state index contributed by atoms with van der Waals surface area (Å²) in [6, 6.07) is -0.0397. The number of nitrogens with zero attached hydrogens (tertiary/aromatic N) is 3. The van der Waals surface area contributed by atoms with Crippen LogP contribution in [-0.4, -0.2) is 35.5 Å². The van der Waals surface area contributed by atoms with E-state index in [4.69, 9.17) is 5.26 Å². The lowest BCUT2D eigenvalue weighted by Gasteiger charge is -2.10. The Kier molecular flexibility index (Phi) is 1.50. The van der Waals surface area contributed by atoms with E-state index in [0.717, 1.165) is 4.90 Å². The molecular formula is C6H9N3O. The lowest BCUT2D eigenvalue weighted by Crippen LogP contribution is -2.28. The number of likely N-dealkylation sites (N-methyl/N-ethyl adjacent to an activating group) is 1. The molecule has 4 heteroatoms. The molecule has 0 aromatic rings. The molecule has 1 aliphatic rings. The molecule has 0 aromatic carbocycles. The Morgan fingerprint density at radius 2 is 2.40 bits per heavy atom. The Morgan fingerprint density at radius 3 is 2.60 bits per heavy atom. The molecular weight excluding hydrogens is 130 g/mol. The van der Waals surface area contributed by atoms with E-state index >= 15 is 0 Å².